The van der Waals surface area contributed by atoms with Crippen molar-refractivity contribution in [1.82, 2.24) is 5.32 Å². The number of benzene rings is 1. The van der Waals surface area contributed by atoms with Crippen LogP contribution >= 0.6 is 0 Å². The molecule has 1 saturated heterocycles. The van der Waals surface area contributed by atoms with Crippen molar-refractivity contribution in [3.8, 4) is 0 Å². The van der Waals surface area contributed by atoms with Gasteiger partial charge in [0.25, 0.3) is 0 Å². The third-order valence-corrected chi connectivity index (χ3v) is 3.25. The average molecular weight is 218 g/mol. The van der Waals surface area contributed by atoms with Gasteiger partial charge in [-0.25, -0.2) is 0 Å². The molecule has 1 unspecified atom stereocenters. The molecule has 0 saturated carbocycles. The van der Waals surface area contributed by atoms with E-state index in [9.17, 15) is 4.79 Å². The third-order valence-electron chi connectivity index (χ3n) is 3.25. The summed E-state index contributed by atoms with van der Waals surface area (Å²) in [5.41, 5.74) is 2.09. The highest BCUT2D eigenvalue weighted by molar-refractivity contribution is 5.92. The number of carbonyl (C=O) groups is 1. The molecule has 1 aliphatic rings. The number of anilines is 1. The molecule has 1 aliphatic heterocycles. The molecular weight excluding hydrogens is 200 g/mol. The second-order valence-electron chi connectivity index (χ2n) is 4.56. The normalized spacial score (nSPS) is 17.6. The van der Waals surface area contributed by atoms with E-state index in [-0.39, 0.29) is 11.8 Å². The van der Waals surface area contributed by atoms with Crippen LogP contribution < -0.4 is 10.6 Å². The Kier molecular flexibility index (Phi) is 3.25. The molecule has 1 atom stereocenters. The van der Waals surface area contributed by atoms with E-state index >= 15 is 0 Å². The molecule has 16 heavy (non-hydrogen) atoms. The van der Waals surface area contributed by atoms with E-state index in [4.69, 9.17) is 0 Å². The summed E-state index contributed by atoms with van der Waals surface area (Å²) >= 11 is 0. The van der Waals surface area contributed by atoms with E-state index in [0.29, 0.717) is 5.92 Å². The van der Waals surface area contributed by atoms with E-state index in [0.717, 1.165) is 18.8 Å². The Labute approximate surface area is 96.2 Å². The molecule has 86 valence electrons. The maximum Gasteiger partial charge on any atom is 0.227 e. The van der Waals surface area contributed by atoms with E-state index in [2.05, 4.69) is 10.6 Å². The number of nitrogens with one attached hydrogen (secondary N) is 2. The van der Waals surface area contributed by atoms with Crippen LogP contribution in [0.1, 0.15) is 12.5 Å². The second-order valence-corrected chi connectivity index (χ2v) is 4.56. The Morgan fingerprint density at radius 2 is 2.00 bits per heavy atom. The molecule has 2 N–H and O–H groups in total. The molecule has 0 bridgehead atoms. The van der Waals surface area contributed by atoms with Crippen LogP contribution in [-0.2, 0) is 4.79 Å². The van der Waals surface area contributed by atoms with Crippen LogP contribution in [0.2, 0.25) is 0 Å². The fourth-order valence-corrected chi connectivity index (χ4v) is 1.77. The van der Waals surface area contributed by atoms with Gasteiger partial charge in [-0.05, 0) is 38.1 Å². The third kappa shape index (κ3) is 2.42. The number of hydrogen-bond donors (Lipinski definition) is 2. The first kappa shape index (κ1) is 11.1. The topological polar surface area (TPSA) is 41.1 Å². The quantitative estimate of drug-likeness (QED) is 0.812. The Morgan fingerprint density at radius 1 is 1.38 bits per heavy atom. The highest BCUT2D eigenvalue weighted by Gasteiger charge is 2.28. The molecule has 3 nitrogen and oxygen atoms in total. The highest BCUT2D eigenvalue weighted by Crippen LogP contribution is 2.18. The van der Waals surface area contributed by atoms with Crippen LogP contribution in [0.4, 0.5) is 5.69 Å². The monoisotopic (exact) mass is 218 g/mol. The van der Waals surface area contributed by atoms with E-state index in [1.807, 2.05) is 38.1 Å². The Bertz CT molecular complexity index is 368. The molecule has 1 fully saturated rings. The fourth-order valence-electron chi connectivity index (χ4n) is 1.77. The van der Waals surface area contributed by atoms with Crippen molar-refractivity contribution < 1.29 is 4.79 Å². The van der Waals surface area contributed by atoms with Crippen LogP contribution in [0.3, 0.4) is 0 Å². The van der Waals surface area contributed by atoms with E-state index < -0.39 is 0 Å². The molecule has 0 aromatic heterocycles. The Hall–Kier alpha value is -1.35. The lowest BCUT2D eigenvalue weighted by molar-refractivity contribution is -0.121. The van der Waals surface area contributed by atoms with Crippen LogP contribution in [0.5, 0.6) is 0 Å². The lowest BCUT2D eigenvalue weighted by Gasteiger charge is -2.31. The molecule has 0 radical (unpaired) electrons. The lowest BCUT2D eigenvalue weighted by atomic mass is 9.88. The maximum absolute atomic E-state index is 11.9. The summed E-state index contributed by atoms with van der Waals surface area (Å²) in [6.45, 7) is 5.95. The van der Waals surface area contributed by atoms with Gasteiger partial charge in [0.2, 0.25) is 5.91 Å². The SMILES string of the molecule is Cc1ccc(NC(=O)C(C)C2CNC2)cc1. The highest BCUT2D eigenvalue weighted by atomic mass is 16.1. The van der Waals surface area contributed by atoms with Gasteiger partial charge in [-0.2, -0.15) is 0 Å². The van der Waals surface area contributed by atoms with Crippen LogP contribution in [0.25, 0.3) is 0 Å². The summed E-state index contributed by atoms with van der Waals surface area (Å²) in [6.07, 6.45) is 0. The summed E-state index contributed by atoms with van der Waals surface area (Å²) in [5, 5.41) is 6.14. The van der Waals surface area contributed by atoms with Crippen molar-refractivity contribution in [3.05, 3.63) is 29.8 Å². The van der Waals surface area contributed by atoms with Gasteiger partial charge in [0.1, 0.15) is 0 Å². The minimum Gasteiger partial charge on any atom is -0.326 e. The molecule has 0 aliphatic carbocycles. The number of rotatable bonds is 3. The Morgan fingerprint density at radius 3 is 2.50 bits per heavy atom. The zero-order chi connectivity index (χ0) is 11.5. The molecule has 1 aromatic carbocycles. The van der Waals surface area contributed by atoms with E-state index in [1.165, 1.54) is 5.56 Å². The van der Waals surface area contributed by atoms with Gasteiger partial charge in [-0.3, -0.25) is 4.79 Å². The van der Waals surface area contributed by atoms with Crippen LogP contribution in [0.15, 0.2) is 24.3 Å². The second kappa shape index (κ2) is 4.66. The summed E-state index contributed by atoms with van der Waals surface area (Å²) in [7, 11) is 0. The minimum absolute atomic E-state index is 0.0857. The number of carbonyl (C=O) groups excluding carboxylic acids is 1. The fraction of sp³-hybridized carbons (Fsp3) is 0.462. The standard InChI is InChI=1S/C13H18N2O/c1-9-3-5-12(6-4-9)15-13(16)10(2)11-7-14-8-11/h3-6,10-11,14H,7-8H2,1-2H3,(H,15,16). The summed E-state index contributed by atoms with van der Waals surface area (Å²) in [4.78, 5) is 11.9. The van der Waals surface area contributed by atoms with Gasteiger partial charge in [-0.15, -0.1) is 0 Å². The number of hydrogen-bond acceptors (Lipinski definition) is 2. The maximum atomic E-state index is 11.9. The van der Waals surface area contributed by atoms with Gasteiger partial charge < -0.3 is 10.6 Å². The van der Waals surface area contributed by atoms with Crippen molar-refractivity contribution in [2.24, 2.45) is 11.8 Å². The van der Waals surface area contributed by atoms with Crippen molar-refractivity contribution in [2.75, 3.05) is 18.4 Å². The first-order chi connectivity index (χ1) is 7.66. The number of amides is 1. The largest absolute Gasteiger partial charge is 0.326 e. The van der Waals surface area contributed by atoms with Crippen LogP contribution in [-0.4, -0.2) is 19.0 Å². The molecule has 2 rings (SSSR count). The molecule has 3 heteroatoms. The zero-order valence-corrected chi connectivity index (χ0v) is 9.79. The van der Waals surface area contributed by atoms with Crippen molar-refractivity contribution in [1.29, 1.82) is 0 Å². The molecule has 1 aromatic rings. The van der Waals surface area contributed by atoms with Gasteiger partial charge in [0.05, 0.1) is 0 Å². The van der Waals surface area contributed by atoms with Gasteiger partial charge in [0.15, 0.2) is 0 Å². The van der Waals surface area contributed by atoms with Crippen molar-refractivity contribution in [3.63, 3.8) is 0 Å². The molecular formula is C13H18N2O. The molecule has 1 amide bonds. The van der Waals surface area contributed by atoms with E-state index in [1.54, 1.807) is 0 Å². The first-order valence-corrected chi connectivity index (χ1v) is 5.75. The summed E-state index contributed by atoms with van der Waals surface area (Å²) in [5.74, 6) is 0.698. The average Bonchev–Trinajstić information content (AvgIpc) is 2.19. The summed E-state index contributed by atoms with van der Waals surface area (Å²) in [6, 6.07) is 7.90. The molecule has 0 spiro atoms. The molecule has 1 heterocycles. The predicted octanol–water partition coefficient (Wildman–Crippen LogP) is 1.79. The number of aryl methyl sites for hydroxylation is 1. The lowest BCUT2D eigenvalue weighted by Crippen LogP contribution is -2.48. The Balaban J connectivity index is 1.93. The minimum atomic E-state index is 0.0857. The van der Waals surface area contributed by atoms with Crippen molar-refractivity contribution >= 4 is 11.6 Å². The summed E-state index contributed by atoms with van der Waals surface area (Å²) < 4.78 is 0. The first-order valence-electron chi connectivity index (χ1n) is 5.75. The van der Waals surface area contributed by atoms with Crippen molar-refractivity contribution in [2.45, 2.75) is 13.8 Å². The smallest absolute Gasteiger partial charge is 0.227 e. The van der Waals surface area contributed by atoms with Gasteiger partial charge in [0, 0.05) is 11.6 Å². The predicted molar refractivity (Wildman–Crippen MR) is 65.3 cm³/mol. The zero-order valence-electron chi connectivity index (χ0n) is 9.79. The van der Waals surface area contributed by atoms with Gasteiger partial charge in [-0.1, -0.05) is 24.6 Å². The van der Waals surface area contributed by atoms with Crippen LogP contribution in [0, 0.1) is 18.8 Å². The van der Waals surface area contributed by atoms with Gasteiger partial charge >= 0.3 is 0 Å².